The molecule has 0 radical (unpaired) electrons. The molecule has 0 unspecified atom stereocenters. The number of alkyl halides is 4. The minimum atomic E-state index is -2.95. The number of carbonyl (C=O) groups excluding carboxylic acids is 2. The van der Waals surface area contributed by atoms with E-state index in [1.807, 2.05) is 12.1 Å². The van der Waals surface area contributed by atoms with Crippen LogP contribution in [0.3, 0.4) is 0 Å². The summed E-state index contributed by atoms with van der Waals surface area (Å²) < 4.78 is 69.2. The summed E-state index contributed by atoms with van der Waals surface area (Å²) >= 11 is 5.18. The molecule has 0 bridgehead atoms. The van der Waals surface area contributed by atoms with Crippen molar-refractivity contribution in [2.24, 2.45) is 0 Å². The summed E-state index contributed by atoms with van der Waals surface area (Å²) in [6.45, 7) is -5.85. The molecule has 0 spiro atoms. The fourth-order valence-electron chi connectivity index (χ4n) is 7.02. The molecule has 6 heterocycles. The van der Waals surface area contributed by atoms with Gasteiger partial charge >= 0.3 is 13.2 Å². The first-order chi connectivity index (χ1) is 37.3. The number of ketones is 1. The summed E-state index contributed by atoms with van der Waals surface area (Å²) in [4.78, 5) is 66.2. The molecule has 77 heavy (non-hydrogen) atoms. The van der Waals surface area contributed by atoms with Crippen molar-refractivity contribution < 1.29 is 46.1 Å². The van der Waals surface area contributed by atoms with Crippen LogP contribution in [0.5, 0.6) is 23.3 Å². The first-order valence-corrected chi connectivity index (χ1v) is 23.0. The predicted octanol–water partition coefficient (Wildman–Crippen LogP) is 10.7. The van der Waals surface area contributed by atoms with Gasteiger partial charge in [-0.15, -0.1) is 0 Å². The second-order valence-corrected chi connectivity index (χ2v) is 16.1. The van der Waals surface area contributed by atoms with Crippen LogP contribution in [0.1, 0.15) is 26.3 Å². The molecule has 6 aromatic heterocycles. The van der Waals surface area contributed by atoms with Gasteiger partial charge in [-0.2, -0.15) is 17.6 Å². The smallest absolute Gasteiger partial charge is 0.387 e. The van der Waals surface area contributed by atoms with Crippen LogP contribution in [0.2, 0.25) is 0 Å². The maximum Gasteiger partial charge on any atom is 0.387 e. The van der Waals surface area contributed by atoms with Crippen LogP contribution < -0.4 is 35.3 Å². The number of hydrogen-bond donors (Lipinski definition) is 3. The number of aromatic nitrogens is 10. The third-order valence-electron chi connectivity index (χ3n) is 10.5. The van der Waals surface area contributed by atoms with Gasteiger partial charge in [0.1, 0.15) is 34.5 Å². The molecular weight excluding hydrogens is 1030 g/mol. The summed E-state index contributed by atoms with van der Waals surface area (Å²) in [5.41, 5.74) is 11.2. The Morgan fingerprint density at radius 2 is 1.08 bits per heavy atom. The Bertz CT molecular complexity index is 3640. The molecule has 24 heteroatoms. The first-order valence-electron chi connectivity index (χ1n) is 22.6. The van der Waals surface area contributed by atoms with E-state index in [1.54, 1.807) is 97.6 Å². The summed E-state index contributed by atoms with van der Waals surface area (Å²) in [6.07, 6.45) is 12.2. The van der Waals surface area contributed by atoms with Crippen LogP contribution in [0.4, 0.5) is 46.3 Å². The average Bonchev–Trinajstić information content (AvgIpc) is 3.44. The van der Waals surface area contributed by atoms with E-state index in [0.717, 1.165) is 5.56 Å². The van der Waals surface area contributed by atoms with Crippen molar-refractivity contribution in [2.45, 2.75) is 19.6 Å². The quantitative estimate of drug-likeness (QED) is 0.0352. The van der Waals surface area contributed by atoms with Gasteiger partial charge in [0, 0.05) is 101 Å². The van der Waals surface area contributed by atoms with E-state index >= 15 is 0 Å². The standard InChI is InChI=1S/C27H20F2N6O3.C19H14F2N6O.C7H6ClNO2/c1-37-24-8-6-17(14-32-24)23(36)12-16-5-7-21-20(11-16)25(35-26(34-21)22-15-30-9-10-31-22)33-18-3-2-4-19(13-18)38-27(28)29;20-19(21)28-13-3-1-2-12(9-13)25-17-14-8-11(22)4-5-15(14)26-18(27-17)16-10-23-6-7-24-16;1-11-6-3-2-5(4-9-6)7(8)10/h2-11,13-15,27H,12H2,1H3,(H,33,34,35);1-10,19H,22H2,(H,25,26,27);2-4H,1H3. The number of nitrogens with one attached hydrogen (secondary N) is 2. The van der Waals surface area contributed by atoms with Crippen LogP contribution in [0.15, 0.2) is 159 Å². The number of Topliss-reactive ketones (excluding diaryl/α,β-unsaturated/α-hetero) is 1. The van der Waals surface area contributed by atoms with Crippen LogP contribution >= 0.6 is 11.6 Å². The number of halogens is 5. The van der Waals surface area contributed by atoms with Crippen LogP contribution in [0, 0.1) is 0 Å². The van der Waals surface area contributed by atoms with Crippen molar-refractivity contribution in [2.75, 3.05) is 30.6 Å². The second-order valence-electron chi connectivity index (χ2n) is 15.7. The topological polar surface area (TPSA) is 250 Å². The molecule has 0 aliphatic carbocycles. The number of nitrogens with two attached hydrogens (primary N) is 1. The number of ether oxygens (including phenoxy) is 4. The number of benzene rings is 4. The third-order valence-corrected chi connectivity index (χ3v) is 10.7. The Morgan fingerprint density at radius 3 is 1.53 bits per heavy atom. The van der Waals surface area contributed by atoms with Gasteiger partial charge < -0.3 is 35.3 Å². The minimum Gasteiger partial charge on any atom is -0.481 e. The molecule has 19 nitrogen and oxygen atoms in total. The number of nitrogen functional groups attached to an aromatic ring is 1. The van der Waals surface area contributed by atoms with E-state index in [-0.39, 0.29) is 23.7 Å². The lowest BCUT2D eigenvalue weighted by Crippen LogP contribution is -2.05. The molecule has 0 aliphatic heterocycles. The molecule has 0 saturated heterocycles. The molecule has 10 aromatic rings. The zero-order chi connectivity index (χ0) is 54.3. The molecule has 0 aliphatic rings. The summed E-state index contributed by atoms with van der Waals surface area (Å²) in [6, 6.07) is 29.4. The maximum absolute atomic E-state index is 12.9. The lowest BCUT2D eigenvalue weighted by molar-refractivity contribution is -0.0504. The van der Waals surface area contributed by atoms with Gasteiger partial charge in [-0.3, -0.25) is 19.6 Å². The molecule has 0 atom stereocenters. The van der Waals surface area contributed by atoms with Crippen molar-refractivity contribution in [3.8, 4) is 46.3 Å². The molecule has 0 amide bonds. The largest absolute Gasteiger partial charge is 0.481 e. The van der Waals surface area contributed by atoms with E-state index in [9.17, 15) is 27.2 Å². The predicted molar refractivity (Wildman–Crippen MR) is 278 cm³/mol. The molecule has 4 N–H and O–H groups in total. The van der Waals surface area contributed by atoms with Crippen molar-refractivity contribution >= 4 is 73.1 Å². The van der Waals surface area contributed by atoms with Crippen molar-refractivity contribution in [3.63, 3.8) is 0 Å². The number of carbonyl (C=O) groups is 2. The van der Waals surface area contributed by atoms with Crippen LogP contribution in [0.25, 0.3) is 44.8 Å². The highest BCUT2D eigenvalue weighted by Crippen LogP contribution is 2.32. The van der Waals surface area contributed by atoms with Crippen LogP contribution in [-0.4, -0.2) is 88.3 Å². The number of fused-ring (bicyclic) bond motifs is 2. The SMILES string of the molecule is COc1ccc(C(=O)Cc2ccc3nc(-c4cnccn4)nc(Nc4cccc(OC(F)F)c4)c3c2)cn1.COc1ccc(C(=O)Cl)cn1.Nc1ccc2nc(-c3cnccn3)nc(Nc3cccc(OC(F)F)c3)c2c1. The molecule has 388 valence electrons. The van der Waals surface area contributed by atoms with Gasteiger partial charge in [0.05, 0.1) is 43.2 Å². The Hall–Kier alpha value is -10.0. The number of anilines is 5. The van der Waals surface area contributed by atoms with Crippen LogP contribution in [-0.2, 0) is 6.42 Å². The summed E-state index contributed by atoms with van der Waals surface area (Å²) in [7, 11) is 3.01. The molecule has 0 fully saturated rings. The monoisotopic (exact) mass is 1070 g/mol. The van der Waals surface area contributed by atoms with E-state index in [1.165, 1.54) is 63.3 Å². The highest BCUT2D eigenvalue weighted by Gasteiger charge is 2.17. The minimum absolute atomic E-state index is 0.00287. The zero-order valence-electron chi connectivity index (χ0n) is 40.3. The van der Waals surface area contributed by atoms with E-state index in [2.05, 4.69) is 69.9 Å². The lowest BCUT2D eigenvalue weighted by Gasteiger charge is -2.13. The third kappa shape index (κ3) is 14.6. The van der Waals surface area contributed by atoms with Gasteiger partial charge in [-0.05, 0) is 83.9 Å². The number of rotatable bonds is 16. The Morgan fingerprint density at radius 1 is 0.571 bits per heavy atom. The normalized spacial score (nSPS) is 10.7. The fraction of sp³-hybridized carbons (Fsp3) is 0.0943. The van der Waals surface area contributed by atoms with Gasteiger partial charge in [-0.1, -0.05) is 18.2 Å². The number of nitrogens with zero attached hydrogens (tertiary/aromatic N) is 10. The lowest BCUT2D eigenvalue weighted by atomic mass is 10.0. The van der Waals surface area contributed by atoms with Crippen molar-refractivity contribution in [1.82, 2.24) is 49.8 Å². The van der Waals surface area contributed by atoms with E-state index in [4.69, 9.17) is 26.8 Å². The van der Waals surface area contributed by atoms with E-state index < -0.39 is 18.5 Å². The number of pyridine rings is 2. The van der Waals surface area contributed by atoms with Gasteiger partial charge in [0.2, 0.25) is 11.8 Å². The fourth-order valence-corrected chi connectivity index (χ4v) is 7.14. The first kappa shape index (κ1) is 53.3. The average molecular weight is 1070 g/mol. The molecule has 0 saturated carbocycles. The summed E-state index contributed by atoms with van der Waals surface area (Å²) in [5, 5.41) is 7.06. The zero-order valence-corrected chi connectivity index (χ0v) is 41.0. The van der Waals surface area contributed by atoms with Crippen molar-refractivity contribution in [1.29, 1.82) is 0 Å². The van der Waals surface area contributed by atoms with Gasteiger partial charge in [-0.25, -0.2) is 39.9 Å². The van der Waals surface area contributed by atoms with Gasteiger partial charge in [0.25, 0.3) is 5.24 Å². The second kappa shape index (κ2) is 25.3. The Labute approximate surface area is 439 Å². The highest BCUT2D eigenvalue weighted by atomic mass is 35.5. The van der Waals surface area contributed by atoms with Crippen molar-refractivity contribution in [3.05, 3.63) is 175 Å². The molecular formula is C53H40ClF4N13O6. The summed E-state index contributed by atoms with van der Waals surface area (Å²) in [5.74, 6) is 2.33. The molecule has 10 rings (SSSR count). The molecule has 4 aromatic carbocycles. The number of hydrogen-bond acceptors (Lipinski definition) is 19. The Kier molecular flexibility index (Phi) is 17.5. The van der Waals surface area contributed by atoms with Gasteiger partial charge in [0.15, 0.2) is 17.4 Å². The number of methoxy groups -OCH3 is 2. The Balaban J connectivity index is 0.000000175. The maximum atomic E-state index is 12.9. The van der Waals surface area contributed by atoms with E-state index in [0.29, 0.717) is 96.4 Å². The highest BCUT2D eigenvalue weighted by molar-refractivity contribution is 6.67.